The molecule has 0 aromatic heterocycles. The minimum Gasteiger partial charge on any atom is -0.326 e. The molecule has 1 aliphatic heterocycles. The lowest BCUT2D eigenvalue weighted by atomic mass is 10.2. The summed E-state index contributed by atoms with van der Waals surface area (Å²) >= 11 is 1.24. The van der Waals surface area contributed by atoms with Gasteiger partial charge in [-0.1, -0.05) is 48.2 Å². The number of carbonyl (C=O) groups is 2. The van der Waals surface area contributed by atoms with Gasteiger partial charge >= 0.3 is 0 Å². The number of nitrogens with one attached hydrogen (secondary N) is 3. The van der Waals surface area contributed by atoms with Crippen LogP contribution in [0.15, 0.2) is 65.8 Å². The SMILES string of the molecule is O=C(C[C@H]1S/C(=N\Nc2ccccc2)NC1=O)Nc1ccccc1. The molecule has 122 valence electrons. The number of hydrogen-bond acceptors (Lipinski definition) is 5. The Labute approximate surface area is 143 Å². The van der Waals surface area contributed by atoms with E-state index in [0.717, 1.165) is 5.69 Å². The van der Waals surface area contributed by atoms with Gasteiger partial charge in [-0.3, -0.25) is 15.0 Å². The Kier molecular flexibility index (Phi) is 5.12. The molecule has 0 bridgehead atoms. The lowest BCUT2D eigenvalue weighted by Gasteiger charge is -2.07. The van der Waals surface area contributed by atoms with Gasteiger partial charge in [0.2, 0.25) is 11.8 Å². The number of benzene rings is 2. The number of hydrazone groups is 1. The highest BCUT2D eigenvalue weighted by molar-refractivity contribution is 8.15. The number of rotatable bonds is 5. The van der Waals surface area contributed by atoms with E-state index < -0.39 is 5.25 Å². The first-order chi connectivity index (χ1) is 11.7. The fraction of sp³-hybridized carbons (Fsp3) is 0.118. The summed E-state index contributed by atoms with van der Waals surface area (Å²) in [6, 6.07) is 18.6. The van der Waals surface area contributed by atoms with Crippen LogP contribution in [-0.4, -0.2) is 22.2 Å². The molecule has 7 heteroatoms. The summed E-state index contributed by atoms with van der Waals surface area (Å²) in [6.45, 7) is 0. The molecule has 0 radical (unpaired) electrons. The van der Waals surface area contributed by atoms with Crippen LogP contribution < -0.4 is 16.1 Å². The Morgan fingerprint density at radius 3 is 2.33 bits per heavy atom. The summed E-state index contributed by atoms with van der Waals surface area (Å²) in [6.07, 6.45) is 0.0930. The van der Waals surface area contributed by atoms with Gasteiger partial charge in [0.25, 0.3) is 0 Å². The number of carbonyl (C=O) groups excluding carboxylic acids is 2. The van der Waals surface area contributed by atoms with Crippen LogP contribution in [0, 0.1) is 0 Å². The summed E-state index contributed by atoms with van der Waals surface area (Å²) in [5.74, 6) is -0.414. The van der Waals surface area contributed by atoms with Crippen molar-refractivity contribution in [3.8, 4) is 0 Å². The van der Waals surface area contributed by atoms with Gasteiger partial charge in [0, 0.05) is 12.1 Å². The van der Waals surface area contributed by atoms with Gasteiger partial charge in [-0.25, -0.2) is 0 Å². The van der Waals surface area contributed by atoms with E-state index in [9.17, 15) is 9.59 Å². The van der Waals surface area contributed by atoms with Gasteiger partial charge in [0.1, 0.15) is 5.25 Å². The van der Waals surface area contributed by atoms with Crippen molar-refractivity contribution in [2.24, 2.45) is 5.10 Å². The average Bonchev–Trinajstić information content (AvgIpc) is 2.94. The zero-order chi connectivity index (χ0) is 16.8. The molecule has 24 heavy (non-hydrogen) atoms. The van der Waals surface area contributed by atoms with E-state index in [-0.39, 0.29) is 18.2 Å². The summed E-state index contributed by atoms with van der Waals surface area (Å²) in [7, 11) is 0. The smallest absolute Gasteiger partial charge is 0.240 e. The average molecular weight is 340 g/mol. The first-order valence-corrected chi connectivity index (χ1v) is 8.30. The van der Waals surface area contributed by atoms with Crippen LogP contribution in [-0.2, 0) is 9.59 Å². The van der Waals surface area contributed by atoms with Crippen LogP contribution in [0.3, 0.4) is 0 Å². The van der Waals surface area contributed by atoms with E-state index in [1.165, 1.54) is 11.8 Å². The van der Waals surface area contributed by atoms with Crippen molar-refractivity contribution in [1.82, 2.24) is 5.32 Å². The van der Waals surface area contributed by atoms with Crippen molar-refractivity contribution in [2.45, 2.75) is 11.7 Å². The Hall–Kier alpha value is -2.80. The van der Waals surface area contributed by atoms with Gasteiger partial charge in [0.15, 0.2) is 5.17 Å². The second-order valence-corrected chi connectivity index (χ2v) is 6.30. The van der Waals surface area contributed by atoms with Crippen LogP contribution in [0.1, 0.15) is 6.42 Å². The van der Waals surface area contributed by atoms with Crippen LogP contribution in [0.4, 0.5) is 11.4 Å². The van der Waals surface area contributed by atoms with Crippen LogP contribution in [0.2, 0.25) is 0 Å². The molecule has 0 saturated carbocycles. The van der Waals surface area contributed by atoms with Crippen molar-refractivity contribution >= 4 is 40.1 Å². The lowest BCUT2D eigenvalue weighted by molar-refractivity contribution is -0.122. The normalized spacial score (nSPS) is 18.2. The summed E-state index contributed by atoms with van der Waals surface area (Å²) in [4.78, 5) is 24.0. The fourth-order valence-electron chi connectivity index (χ4n) is 2.12. The number of anilines is 2. The molecule has 1 fully saturated rings. The monoisotopic (exact) mass is 340 g/mol. The fourth-order valence-corrected chi connectivity index (χ4v) is 3.05. The molecule has 2 aromatic carbocycles. The predicted molar refractivity (Wildman–Crippen MR) is 96.7 cm³/mol. The van der Waals surface area contributed by atoms with Crippen LogP contribution >= 0.6 is 11.8 Å². The second kappa shape index (κ2) is 7.65. The van der Waals surface area contributed by atoms with Gasteiger partial charge in [-0.15, -0.1) is 5.10 Å². The minimum atomic E-state index is -0.481. The van der Waals surface area contributed by atoms with Crippen LogP contribution in [0.25, 0.3) is 0 Å². The zero-order valence-corrected chi connectivity index (χ0v) is 13.5. The zero-order valence-electron chi connectivity index (χ0n) is 12.7. The summed E-state index contributed by atoms with van der Waals surface area (Å²) in [5.41, 5.74) is 4.41. The van der Waals surface area contributed by atoms with Gasteiger partial charge < -0.3 is 10.6 Å². The Bertz CT molecular complexity index is 750. The minimum absolute atomic E-state index is 0.0930. The molecule has 2 aromatic rings. The number of para-hydroxylation sites is 2. The highest BCUT2D eigenvalue weighted by Gasteiger charge is 2.32. The number of amides is 2. The molecule has 0 unspecified atom stereocenters. The predicted octanol–water partition coefficient (Wildman–Crippen LogP) is 2.63. The van der Waals surface area contributed by atoms with E-state index >= 15 is 0 Å². The molecule has 3 N–H and O–H groups in total. The van der Waals surface area contributed by atoms with E-state index in [4.69, 9.17) is 0 Å². The quantitative estimate of drug-likeness (QED) is 0.731. The van der Waals surface area contributed by atoms with Gasteiger partial charge in [-0.05, 0) is 24.3 Å². The van der Waals surface area contributed by atoms with E-state index in [1.807, 2.05) is 48.5 Å². The van der Waals surface area contributed by atoms with Crippen molar-refractivity contribution in [3.05, 3.63) is 60.7 Å². The largest absolute Gasteiger partial charge is 0.326 e. The third-order valence-corrected chi connectivity index (χ3v) is 4.35. The molecule has 1 heterocycles. The first kappa shape index (κ1) is 16.1. The van der Waals surface area contributed by atoms with E-state index in [1.54, 1.807) is 12.1 Å². The molecule has 1 aliphatic rings. The maximum atomic E-state index is 12.0. The van der Waals surface area contributed by atoms with E-state index in [2.05, 4.69) is 21.2 Å². The van der Waals surface area contributed by atoms with Crippen LogP contribution in [0.5, 0.6) is 0 Å². The third kappa shape index (κ3) is 4.36. The molecule has 1 atom stereocenters. The lowest BCUT2D eigenvalue weighted by Crippen LogP contribution is -2.28. The molecule has 0 spiro atoms. The maximum absolute atomic E-state index is 12.0. The molecule has 0 aliphatic carbocycles. The third-order valence-electron chi connectivity index (χ3n) is 3.27. The van der Waals surface area contributed by atoms with Crippen molar-refractivity contribution < 1.29 is 9.59 Å². The van der Waals surface area contributed by atoms with Crippen molar-refractivity contribution in [3.63, 3.8) is 0 Å². The topological polar surface area (TPSA) is 82.6 Å². The number of amidine groups is 1. The van der Waals surface area contributed by atoms with Crippen molar-refractivity contribution in [1.29, 1.82) is 0 Å². The highest BCUT2D eigenvalue weighted by Crippen LogP contribution is 2.23. The van der Waals surface area contributed by atoms with Crippen molar-refractivity contribution in [2.75, 3.05) is 10.7 Å². The summed E-state index contributed by atoms with van der Waals surface area (Å²) in [5, 5.41) is 9.58. The number of thioether (sulfide) groups is 1. The number of hydrogen-bond donors (Lipinski definition) is 3. The highest BCUT2D eigenvalue weighted by atomic mass is 32.2. The Morgan fingerprint density at radius 2 is 1.67 bits per heavy atom. The molecule has 6 nitrogen and oxygen atoms in total. The van der Waals surface area contributed by atoms with Gasteiger partial charge in [-0.2, -0.15) is 0 Å². The van der Waals surface area contributed by atoms with Gasteiger partial charge in [0.05, 0.1) is 5.69 Å². The second-order valence-electron chi connectivity index (χ2n) is 5.11. The molecular weight excluding hydrogens is 324 g/mol. The number of nitrogens with zero attached hydrogens (tertiary/aromatic N) is 1. The Morgan fingerprint density at radius 1 is 1.04 bits per heavy atom. The first-order valence-electron chi connectivity index (χ1n) is 7.42. The maximum Gasteiger partial charge on any atom is 0.240 e. The Balaban J connectivity index is 1.54. The molecular formula is C17H16N4O2S. The van der Waals surface area contributed by atoms with E-state index in [0.29, 0.717) is 10.9 Å². The molecule has 2 amide bonds. The summed E-state index contributed by atoms with van der Waals surface area (Å²) < 4.78 is 0. The standard InChI is InChI=1S/C17H16N4O2S/c22-15(18-12-7-3-1-4-8-12)11-14-16(23)19-17(24-14)21-20-13-9-5-2-6-10-13/h1-10,14,20H,11H2,(H,18,22)(H,19,21,23)/t14-/m1/s1. The molecule has 1 saturated heterocycles. The molecule has 3 rings (SSSR count).